The molecule has 2 heterocycles. The highest BCUT2D eigenvalue weighted by molar-refractivity contribution is 5.76. The third kappa shape index (κ3) is 3.96. The zero-order chi connectivity index (χ0) is 12.1. The van der Waals surface area contributed by atoms with E-state index in [1.807, 2.05) is 0 Å². The molecule has 0 aromatic rings. The van der Waals surface area contributed by atoms with Crippen LogP contribution in [0.2, 0.25) is 0 Å². The van der Waals surface area contributed by atoms with E-state index in [-0.39, 0.29) is 5.91 Å². The highest BCUT2D eigenvalue weighted by atomic mass is 16.1. The second-order valence-electron chi connectivity index (χ2n) is 5.39. The fourth-order valence-electron chi connectivity index (χ4n) is 2.80. The maximum absolute atomic E-state index is 11.7. The Balaban J connectivity index is 1.61. The van der Waals surface area contributed by atoms with Crippen LogP contribution in [0.15, 0.2) is 0 Å². The van der Waals surface area contributed by atoms with Crippen molar-refractivity contribution in [2.24, 2.45) is 0 Å². The summed E-state index contributed by atoms with van der Waals surface area (Å²) in [5.41, 5.74) is 0. The lowest BCUT2D eigenvalue weighted by atomic mass is 10.1. The Bertz CT molecular complexity index is 245. The van der Waals surface area contributed by atoms with Crippen molar-refractivity contribution in [3.8, 4) is 0 Å². The van der Waals surface area contributed by atoms with Gasteiger partial charge in [0, 0.05) is 25.0 Å². The summed E-state index contributed by atoms with van der Waals surface area (Å²) in [6.45, 7) is 6.47. The summed E-state index contributed by atoms with van der Waals surface area (Å²) in [4.78, 5) is 14.2. The first kappa shape index (κ1) is 12.8. The van der Waals surface area contributed by atoms with Crippen molar-refractivity contribution in [2.75, 3.05) is 26.2 Å². The number of likely N-dealkylation sites (tertiary alicyclic amines) is 1. The van der Waals surface area contributed by atoms with Gasteiger partial charge in [-0.3, -0.25) is 9.69 Å². The van der Waals surface area contributed by atoms with Gasteiger partial charge >= 0.3 is 0 Å². The molecular weight excluding hydrogens is 214 g/mol. The summed E-state index contributed by atoms with van der Waals surface area (Å²) in [5.74, 6) is 0.204. The van der Waals surface area contributed by atoms with Gasteiger partial charge in [-0.15, -0.1) is 0 Å². The minimum atomic E-state index is 0.204. The quantitative estimate of drug-likeness (QED) is 0.743. The van der Waals surface area contributed by atoms with Gasteiger partial charge in [-0.2, -0.15) is 0 Å². The van der Waals surface area contributed by atoms with Crippen LogP contribution in [0.3, 0.4) is 0 Å². The normalized spacial score (nSPS) is 27.2. The molecule has 2 saturated heterocycles. The third-order valence-electron chi connectivity index (χ3n) is 3.95. The molecule has 2 rings (SSSR count). The molecule has 0 bridgehead atoms. The maximum atomic E-state index is 11.7. The first-order valence-electron chi connectivity index (χ1n) is 7.00. The Kier molecular flexibility index (Phi) is 4.80. The maximum Gasteiger partial charge on any atom is 0.221 e. The van der Waals surface area contributed by atoms with Gasteiger partial charge < -0.3 is 10.6 Å². The van der Waals surface area contributed by atoms with Crippen LogP contribution in [0.1, 0.15) is 39.0 Å². The molecule has 2 N–H and O–H groups in total. The predicted molar refractivity (Wildman–Crippen MR) is 68.9 cm³/mol. The monoisotopic (exact) mass is 239 g/mol. The number of carbonyl (C=O) groups excluding carboxylic acids is 1. The SMILES string of the molecule is CC(CNC(=O)CC1CCCN1)N1CCCC1. The Hall–Kier alpha value is -0.610. The summed E-state index contributed by atoms with van der Waals surface area (Å²) in [5, 5.41) is 6.42. The van der Waals surface area contributed by atoms with Crippen LogP contribution in [0.5, 0.6) is 0 Å². The van der Waals surface area contributed by atoms with Gasteiger partial charge in [-0.05, 0) is 52.2 Å². The molecule has 0 aromatic heterocycles. The molecule has 2 aliphatic rings. The summed E-state index contributed by atoms with van der Waals surface area (Å²) in [7, 11) is 0. The molecule has 0 saturated carbocycles. The summed E-state index contributed by atoms with van der Waals surface area (Å²) < 4.78 is 0. The van der Waals surface area contributed by atoms with E-state index < -0.39 is 0 Å². The zero-order valence-electron chi connectivity index (χ0n) is 10.9. The summed E-state index contributed by atoms with van der Waals surface area (Å²) in [6.07, 6.45) is 5.62. The highest BCUT2D eigenvalue weighted by Crippen LogP contribution is 2.11. The van der Waals surface area contributed by atoms with Gasteiger partial charge in [-0.1, -0.05) is 0 Å². The fourth-order valence-corrected chi connectivity index (χ4v) is 2.80. The van der Waals surface area contributed by atoms with E-state index in [4.69, 9.17) is 0 Å². The Morgan fingerprint density at radius 1 is 1.41 bits per heavy atom. The highest BCUT2D eigenvalue weighted by Gasteiger charge is 2.20. The fraction of sp³-hybridized carbons (Fsp3) is 0.923. The average molecular weight is 239 g/mol. The zero-order valence-corrected chi connectivity index (χ0v) is 10.9. The molecule has 2 fully saturated rings. The Labute approximate surface area is 104 Å². The molecule has 0 aliphatic carbocycles. The molecule has 98 valence electrons. The van der Waals surface area contributed by atoms with Crippen molar-refractivity contribution >= 4 is 5.91 Å². The predicted octanol–water partition coefficient (Wildman–Crippen LogP) is 0.729. The van der Waals surface area contributed by atoms with Crippen LogP contribution in [-0.2, 0) is 4.79 Å². The van der Waals surface area contributed by atoms with Crippen LogP contribution in [0.25, 0.3) is 0 Å². The number of hydrogen-bond donors (Lipinski definition) is 2. The van der Waals surface area contributed by atoms with E-state index >= 15 is 0 Å². The third-order valence-corrected chi connectivity index (χ3v) is 3.95. The molecular formula is C13H25N3O. The largest absolute Gasteiger partial charge is 0.354 e. The van der Waals surface area contributed by atoms with Crippen molar-refractivity contribution in [3.05, 3.63) is 0 Å². The van der Waals surface area contributed by atoms with Crippen LogP contribution >= 0.6 is 0 Å². The topological polar surface area (TPSA) is 44.4 Å². The summed E-state index contributed by atoms with van der Waals surface area (Å²) >= 11 is 0. The number of hydrogen-bond acceptors (Lipinski definition) is 3. The van der Waals surface area contributed by atoms with Crippen molar-refractivity contribution in [3.63, 3.8) is 0 Å². The van der Waals surface area contributed by atoms with Gasteiger partial charge in [0.1, 0.15) is 0 Å². The van der Waals surface area contributed by atoms with Crippen molar-refractivity contribution in [1.82, 2.24) is 15.5 Å². The lowest BCUT2D eigenvalue weighted by molar-refractivity contribution is -0.121. The minimum absolute atomic E-state index is 0.204. The van der Waals surface area contributed by atoms with E-state index in [1.54, 1.807) is 0 Å². The first-order chi connectivity index (χ1) is 8.25. The molecule has 2 unspecified atom stereocenters. The van der Waals surface area contributed by atoms with E-state index in [0.29, 0.717) is 18.5 Å². The van der Waals surface area contributed by atoms with E-state index in [9.17, 15) is 4.79 Å². The minimum Gasteiger partial charge on any atom is -0.354 e. The second kappa shape index (κ2) is 6.36. The smallest absolute Gasteiger partial charge is 0.221 e. The van der Waals surface area contributed by atoms with Crippen LogP contribution in [-0.4, -0.2) is 49.1 Å². The Morgan fingerprint density at radius 3 is 2.82 bits per heavy atom. The molecule has 1 amide bonds. The number of carbonyl (C=O) groups is 1. The second-order valence-corrected chi connectivity index (χ2v) is 5.39. The van der Waals surface area contributed by atoms with E-state index in [1.165, 1.54) is 32.4 Å². The lowest BCUT2D eigenvalue weighted by Crippen LogP contribution is -2.42. The number of nitrogens with one attached hydrogen (secondary N) is 2. The number of nitrogens with zero attached hydrogens (tertiary/aromatic N) is 1. The van der Waals surface area contributed by atoms with Crippen LogP contribution < -0.4 is 10.6 Å². The van der Waals surface area contributed by atoms with Crippen LogP contribution in [0, 0.1) is 0 Å². The standard InChI is InChI=1S/C13H25N3O/c1-11(16-7-2-3-8-16)10-15-13(17)9-12-5-4-6-14-12/h11-12,14H,2-10H2,1H3,(H,15,17). The summed E-state index contributed by atoms with van der Waals surface area (Å²) in [6, 6.07) is 0.898. The van der Waals surface area contributed by atoms with Gasteiger partial charge in [-0.25, -0.2) is 0 Å². The van der Waals surface area contributed by atoms with Gasteiger partial charge in [0.15, 0.2) is 0 Å². The first-order valence-corrected chi connectivity index (χ1v) is 7.00. The average Bonchev–Trinajstić information content (AvgIpc) is 2.97. The van der Waals surface area contributed by atoms with Gasteiger partial charge in [0.2, 0.25) is 5.91 Å². The molecule has 0 aromatic carbocycles. The molecule has 0 radical (unpaired) electrons. The molecule has 2 aliphatic heterocycles. The van der Waals surface area contributed by atoms with Crippen molar-refractivity contribution in [1.29, 1.82) is 0 Å². The van der Waals surface area contributed by atoms with Crippen LogP contribution in [0.4, 0.5) is 0 Å². The molecule has 2 atom stereocenters. The van der Waals surface area contributed by atoms with Crippen molar-refractivity contribution < 1.29 is 4.79 Å². The van der Waals surface area contributed by atoms with Gasteiger partial charge in [0.25, 0.3) is 0 Å². The number of rotatable bonds is 5. The Morgan fingerprint density at radius 2 is 2.18 bits per heavy atom. The molecule has 17 heavy (non-hydrogen) atoms. The number of amides is 1. The molecule has 4 nitrogen and oxygen atoms in total. The van der Waals surface area contributed by atoms with Crippen molar-refractivity contribution in [2.45, 2.75) is 51.1 Å². The van der Waals surface area contributed by atoms with E-state index in [0.717, 1.165) is 19.5 Å². The molecule has 0 spiro atoms. The van der Waals surface area contributed by atoms with E-state index in [2.05, 4.69) is 22.5 Å². The molecule has 4 heteroatoms. The van der Waals surface area contributed by atoms with Gasteiger partial charge in [0.05, 0.1) is 0 Å². The lowest BCUT2D eigenvalue weighted by Gasteiger charge is -2.24.